The molecule has 3 amide bonds. The number of hydrogen-bond donors (Lipinski definition) is 4. The molecule has 77 heavy (non-hydrogen) atoms. The predicted octanol–water partition coefficient (Wildman–Crippen LogP) is 5.49. The van der Waals surface area contributed by atoms with Crippen LogP contribution in [0.2, 0.25) is 0 Å². The van der Waals surface area contributed by atoms with Crippen molar-refractivity contribution in [1.29, 1.82) is 0 Å². The van der Waals surface area contributed by atoms with E-state index < -0.39 is 77.2 Å². The molecule has 0 saturated heterocycles. The fourth-order valence-corrected chi connectivity index (χ4v) is 7.92. The molecule has 20 nitrogen and oxygen atoms in total. The molecular weight excluding hydrogens is 993 g/mol. The summed E-state index contributed by atoms with van der Waals surface area (Å²) in [6.07, 6.45) is -0.490. The van der Waals surface area contributed by atoms with E-state index in [0.717, 1.165) is 22.4 Å². The number of alkyl carbamates (subject to hydrolysis) is 1. The monoisotopic (exact) mass is 1080 g/mol. The average molecular weight is 1080 g/mol. The summed E-state index contributed by atoms with van der Waals surface area (Å²) in [5.41, 5.74) is 10.8. The maximum atomic E-state index is 14.8. The molecule has 3 aromatic rings. The molecule has 20 heteroatoms. The van der Waals surface area contributed by atoms with E-state index in [2.05, 4.69) is 21.0 Å². The molecule has 0 saturated carbocycles. The smallest absolute Gasteiger partial charge is 0.407 e. The standard InChI is InChI=1S/C57H86N6O14/c1-40(2)51(58)54(68)60-37-50(66)77-48(39-63(62-53(67)45(56(3,4)5)36-49(65)71-10)38-42-19-21-43(22-20-42)46-18-14-15-23-59-46)44(34-41-16-12-11-13-17-41)35-47(64)52(57(6,7)8)61-55(69)76-33-32-75-31-30-74-29-28-73-27-26-72-25-24-70-9/h11-23,40,44-45,48,51-52H,24-39,58H2,1-10H3,(H,60,68)(H,61,69)(H,62,67)/t44-,45-,48+,51+,52-/m1/s1. The number of aromatic nitrogens is 1. The average Bonchev–Trinajstić information content (AvgIpc) is 3.39. The lowest BCUT2D eigenvalue weighted by molar-refractivity contribution is -0.156. The van der Waals surface area contributed by atoms with Crippen LogP contribution in [-0.2, 0) is 74.8 Å². The van der Waals surface area contributed by atoms with Crippen LogP contribution in [0, 0.1) is 28.6 Å². The Balaban J connectivity index is 1.93. The van der Waals surface area contributed by atoms with Crippen LogP contribution in [0.3, 0.4) is 0 Å². The van der Waals surface area contributed by atoms with E-state index in [1.807, 2.05) is 114 Å². The van der Waals surface area contributed by atoms with E-state index in [1.54, 1.807) is 32.2 Å². The number of nitrogens with one attached hydrogen (secondary N) is 3. The van der Waals surface area contributed by atoms with Gasteiger partial charge in [0.1, 0.15) is 19.3 Å². The Kier molecular flexibility index (Phi) is 29.6. The van der Waals surface area contributed by atoms with Gasteiger partial charge in [-0.2, -0.15) is 0 Å². The number of pyridine rings is 1. The van der Waals surface area contributed by atoms with Crippen molar-refractivity contribution in [3.8, 4) is 11.3 Å². The van der Waals surface area contributed by atoms with Crippen LogP contribution < -0.4 is 21.8 Å². The molecule has 5 atom stereocenters. The number of benzene rings is 2. The Labute approximate surface area is 455 Å². The first-order valence-electron chi connectivity index (χ1n) is 26.3. The number of carbonyl (C=O) groups is 6. The summed E-state index contributed by atoms with van der Waals surface area (Å²) in [4.78, 5) is 86.8. The van der Waals surface area contributed by atoms with Gasteiger partial charge in [0.2, 0.25) is 11.8 Å². The normalized spacial score (nSPS) is 13.7. The summed E-state index contributed by atoms with van der Waals surface area (Å²) in [7, 11) is 2.87. The number of ketones is 1. The molecule has 0 aliphatic rings. The van der Waals surface area contributed by atoms with Gasteiger partial charge in [0.25, 0.3) is 0 Å². The van der Waals surface area contributed by atoms with E-state index in [-0.39, 0.29) is 63.9 Å². The zero-order valence-electron chi connectivity index (χ0n) is 47.0. The van der Waals surface area contributed by atoms with E-state index in [1.165, 1.54) is 7.11 Å². The topological polar surface area (TPSA) is 254 Å². The highest BCUT2D eigenvalue weighted by molar-refractivity contribution is 5.89. The lowest BCUT2D eigenvalue weighted by Crippen LogP contribution is -2.53. The highest BCUT2D eigenvalue weighted by atomic mass is 16.6. The van der Waals surface area contributed by atoms with Crippen molar-refractivity contribution in [3.63, 3.8) is 0 Å². The number of esters is 2. The summed E-state index contributed by atoms with van der Waals surface area (Å²) in [5, 5.41) is 6.96. The van der Waals surface area contributed by atoms with Gasteiger partial charge < -0.3 is 54.3 Å². The van der Waals surface area contributed by atoms with E-state index in [4.69, 9.17) is 43.6 Å². The fourth-order valence-electron chi connectivity index (χ4n) is 7.92. The zero-order chi connectivity index (χ0) is 56.8. The van der Waals surface area contributed by atoms with Crippen molar-refractivity contribution in [3.05, 3.63) is 90.1 Å². The summed E-state index contributed by atoms with van der Waals surface area (Å²) >= 11 is 0. The van der Waals surface area contributed by atoms with Crippen LogP contribution in [0.5, 0.6) is 0 Å². The number of amides is 3. The van der Waals surface area contributed by atoms with E-state index >= 15 is 0 Å². The third-order valence-corrected chi connectivity index (χ3v) is 12.4. The van der Waals surface area contributed by atoms with Gasteiger partial charge in [0.15, 0.2) is 5.78 Å². The molecule has 0 radical (unpaired) electrons. The minimum Gasteiger partial charge on any atom is -0.469 e. The SMILES string of the molecule is COCCOCCOCCOCCOCCOC(=O)N[C@H](C(=O)C[C@@H](Cc1ccccc1)[C@H](CN(Cc1ccc(-c2ccccn2)cc1)NC(=O)[C@@H](CC(=O)OC)C(C)(C)C)OC(=O)CNC(=O)[C@@H](N)C(C)C)C(C)(C)C. The van der Waals surface area contributed by atoms with Crippen LogP contribution in [0.4, 0.5) is 4.79 Å². The first kappa shape index (κ1) is 65.4. The largest absolute Gasteiger partial charge is 0.469 e. The van der Waals surface area contributed by atoms with Gasteiger partial charge >= 0.3 is 18.0 Å². The molecule has 0 unspecified atom stereocenters. The molecular formula is C57H86N6O14. The van der Waals surface area contributed by atoms with Crippen molar-refractivity contribution in [2.24, 2.45) is 34.3 Å². The van der Waals surface area contributed by atoms with Gasteiger partial charge in [-0.05, 0) is 46.4 Å². The second-order valence-electron chi connectivity index (χ2n) is 21.1. The maximum Gasteiger partial charge on any atom is 0.407 e. The Morgan fingerprint density at radius 2 is 1.25 bits per heavy atom. The molecule has 0 aliphatic heterocycles. The number of nitrogens with two attached hydrogens (primary N) is 1. The summed E-state index contributed by atoms with van der Waals surface area (Å²) in [6.45, 7) is 17.1. The van der Waals surface area contributed by atoms with Crippen LogP contribution in [0.25, 0.3) is 11.3 Å². The number of nitrogens with zero attached hydrogens (tertiary/aromatic N) is 2. The Morgan fingerprint density at radius 3 is 1.78 bits per heavy atom. The highest BCUT2D eigenvalue weighted by Gasteiger charge is 2.39. The van der Waals surface area contributed by atoms with Gasteiger partial charge in [-0.15, -0.1) is 0 Å². The van der Waals surface area contributed by atoms with Crippen molar-refractivity contribution in [1.82, 2.24) is 26.1 Å². The van der Waals surface area contributed by atoms with E-state index in [9.17, 15) is 28.8 Å². The number of rotatable bonds is 36. The molecule has 2 aromatic carbocycles. The lowest BCUT2D eigenvalue weighted by atomic mass is 9.78. The number of carbonyl (C=O) groups excluding carboxylic acids is 6. The fraction of sp³-hybridized carbons (Fsp3) is 0.596. The summed E-state index contributed by atoms with van der Waals surface area (Å²) in [6, 6.07) is 20.6. The van der Waals surface area contributed by atoms with Gasteiger partial charge in [0.05, 0.1) is 103 Å². The molecule has 0 spiro atoms. The van der Waals surface area contributed by atoms with Crippen molar-refractivity contribution >= 4 is 35.6 Å². The van der Waals surface area contributed by atoms with Crippen molar-refractivity contribution in [2.45, 2.75) is 99.4 Å². The zero-order valence-corrected chi connectivity index (χ0v) is 47.0. The third kappa shape index (κ3) is 25.9. The molecule has 1 aromatic heterocycles. The highest BCUT2D eigenvalue weighted by Crippen LogP contribution is 2.31. The van der Waals surface area contributed by atoms with Gasteiger partial charge in [0, 0.05) is 37.8 Å². The number of methoxy groups -OCH3 is 2. The second kappa shape index (κ2) is 34.8. The van der Waals surface area contributed by atoms with Crippen molar-refractivity contribution < 1.29 is 66.7 Å². The summed E-state index contributed by atoms with van der Waals surface area (Å²) in [5.74, 6) is -4.67. The molecule has 428 valence electrons. The van der Waals surface area contributed by atoms with Crippen molar-refractivity contribution in [2.75, 3.05) is 93.4 Å². The lowest BCUT2D eigenvalue weighted by Gasteiger charge is -2.36. The summed E-state index contributed by atoms with van der Waals surface area (Å²) < 4.78 is 43.6. The third-order valence-electron chi connectivity index (χ3n) is 12.4. The number of hydrazine groups is 1. The Hall–Kier alpha value is -5.87. The van der Waals surface area contributed by atoms with Gasteiger partial charge in [-0.1, -0.05) is 116 Å². The van der Waals surface area contributed by atoms with Gasteiger partial charge in [-0.25, -0.2) is 9.80 Å². The number of Topliss-reactive ketones (excluding diaryl/α,β-unsaturated/α-hetero) is 1. The Bertz CT molecular complexity index is 2210. The molecule has 0 fully saturated rings. The predicted molar refractivity (Wildman–Crippen MR) is 290 cm³/mol. The van der Waals surface area contributed by atoms with Crippen LogP contribution in [-0.4, -0.2) is 157 Å². The number of ether oxygens (including phenoxy) is 8. The molecule has 5 N–H and O–H groups in total. The first-order chi connectivity index (χ1) is 36.6. The minimum absolute atomic E-state index is 0.0802. The molecule has 1 heterocycles. The second-order valence-corrected chi connectivity index (χ2v) is 21.1. The minimum atomic E-state index is -1.14. The van der Waals surface area contributed by atoms with Crippen LogP contribution >= 0.6 is 0 Å². The molecule has 0 aliphatic carbocycles. The quantitative estimate of drug-likeness (QED) is 0.0243. The first-order valence-corrected chi connectivity index (χ1v) is 26.3. The molecule has 3 rings (SSSR count). The van der Waals surface area contributed by atoms with Gasteiger partial charge in [-0.3, -0.25) is 34.4 Å². The number of hydrogen-bond acceptors (Lipinski definition) is 17. The maximum absolute atomic E-state index is 14.8. The molecule has 0 bridgehead atoms. The Morgan fingerprint density at radius 1 is 0.662 bits per heavy atom. The van der Waals surface area contributed by atoms with Crippen LogP contribution in [0.15, 0.2) is 79.0 Å². The van der Waals surface area contributed by atoms with E-state index in [0.29, 0.717) is 46.2 Å². The van der Waals surface area contributed by atoms with Crippen LogP contribution in [0.1, 0.15) is 79.4 Å².